The highest BCUT2D eigenvalue weighted by Crippen LogP contribution is 2.49. The van der Waals surface area contributed by atoms with Gasteiger partial charge in [-0.25, -0.2) is 4.39 Å². The lowest BCUT2D eigenvalue weighted by Gasteiger charge is -2.26. The molecule has 10 heteroatoms. The molecule has 0 spiro atoms. The summed E-state index contributed by atoms with van der Waals surface area (Å²) in [7, 11) is 2.61. The Morgan fingerprint density at radius 1 is 1.00 bits per heavy atom. The van der Waals surface area contributed by atoms with Crippen LogP contribution in [0.4, 0.5) is 10.1 Å². The number of amides is 1. The number of ketones is 1. The van der Waals surface area contributed by atoms with Crippen LogP contribution in [0.5, 0.6) is 17.2 Å². The van der Waals surface area contributed by atoms with E-state index in [0.29, 0.717) is 0 Å². The first-order valence-electron chi connectivity index (χ1n) is 10.2. The summed E-state index contributed by atoms with van der Waals surface area (Å²) in [5.41, 5.74) is -0.681. The normalized spacial score (nSPS) is 17.1. The number of aromatic hydroxyl groups is 1. The fourth-order valence-corrected chi connectivity index (χ4v) is 4.72. The molecule has 180 valence electrons. The Labute approximate surface area is 209 Å². The first-order chi connectivity index (χ1) is 16.7. The molecule has 0 aromatic heterocycles. The second kappa shape index (κ2) is 9.48. The minimum atomic E-state index is -1.42. The van der Waals surface area contributed by atoms with Gasteiger partial charge in [0.2, 0.25) is 0 Å². The van der Waals surface area contributed by atoms with Crippen molar-refractivity contribution in [1.29, 1.82) is 0 Å². The van der Waals surface area contributed by atoms with Crippen LogP contribution in [0.25, 0.3) is 5.76 Å². The predicted molar refractivity (Wildman–Crippen MR) is 129 cm³/mol. The fraction of sp³-hybridized carbons (Fsp3) is 0.120. The number of nitrogens with zero attached hydrogens (tertiary/aromatic N) is 1. The lowest BCUT2D eigenvalue weighted by Crippen LogP contribution is -2.29. The number of rotatable bonds is 5. The fourth-order valence-electron chi connectivity index (χ4n) is 4.03. The van der Waals surface area contributed by atoms with Crippen LogP contribution in [0.1, 0.15) is 17.2 Å². The Balaban J connectivity index is 2.06. The van der Waals surface area contributed by atoms with E-state index in [9.17, 15) is 24.2 Å². The van der Waals surface area contributed by atoms with E-state index in [1.54, 1.807) is 6.07 Å². The number of carbonyl (C=O) groups is 2. The van der Waals surface area contributed by atoms with Crippen molar-refractivity contribution in [2.45, 2.75) is 6.04 Å². The van der Waals surface area contributed by atoms with Gasteiger partial charge in [0, 0.05) is 5.56 Å². The van der Waals surface area contributed by atoms with E-state index in [2.05, 4.69) is 0 Å². The maximum atomic E-state index is 15.0. The number of halogens is 3. The van der Waals surface area contributed by atoms with E-state index in [4.69, 9.17) is 32.7 Å². The smallest absolute Gasteiger partial charge is 0.300 e. The van der Waals surface area contributed by atoms with Gasteiger partial charge >= 0.3 is 0 Å². The van der Waals surface area contributed by atoms with Gasteiger partial charge in [0.05, 0.1) is 42.1 Å². The van der Waals surface area contributed by atoms with E-state index < -0.39 is 34.9 Å². The topological polar surface area (TPSA) is 96.3 Å². The average Bonchev–Trinajstić information content (AvgIpc) is 3.09. The quantitative estimate of drug-likeness (QED) is 0.264. The molecule has 2 N–H and O–H groups in total. The molecule has 1 unspecified atom stereocenters. The minimum Gasteiger partial charge on any atom is -0.507 e. The molecule has 1 heterocycles. The lowest BCUT2D eigenvalue weighted by molar-refractivity contribution is -0.132. The van der Waals surface area contributed by atoms with E-state index in [1.165, 1.54) is 56.7 Å². The zero-order chi connectivity index (χ0) is 25.4. The molecule has 0 aliphatic carbocycles. The third-order valence-corrected chi connectivity index (χ3v) is 6.20. The van der Waals surface area contributed by atoms with Crippen molar-refractivity contribution in [2.24, 2.45) is 0 Å². The van der Waals surface area contributed by atoms with E-state index in [0.717, 1.165) is 11.0 Å². The molecule has 1 aliphatic rings. The average molecular weight is 518 g/mol. The first-order valence-corrected chi connectivity index (χ1v) is 10.9. The Kier molecular flexibility index (Phi) is 6.60. The van der Waals surface area contributed by atoms with Gasteiger partial charge in [-0.3, -0.25) is 14.5 Å². The third-order valence-electron chi connectivity index (χ3n) is 5.58. The molecule has 35 heavy (non-hydrogen) atoms. The Morgan fingerprint density at radius 2 is 1.63 bits per heavy atom. The van der Waals surface area contributed by atoms with Crippen LogP contribution in [0.3, 0.4) is 0 Å². The molecule has 1 atom stereocenters. The van der Waals surface area contributed by atoms with Crippen molar-refractivity contribution in [3.8, 4) is 17.2 Å². The van der Waals surface area contributed by atoms with Gasteiger partial charge in [-0.15, -0.1) is 0 Å². The van der Waals surface area contributed by atoms with Gasteiger partial charge in [-0.05, 0) is 24.3 Å². The molecule has 3 aromatic carbocycles. The van der Waals surface area contributed by atoms with Gasteiger partial charge in [-0.1, -0.05) is 53.5 Å². The SMILES string of the molecule is COc1c(Cl)cc(/C(O)=C2\C(=O)C(=O)N(c3ccccc3O)C2c2ccccc2F)c(OC)c1Cl. The second-order valence-corrected chi connectivity index (χ2v) is 8.25. The summed E-state index contributed by atoms with van der Waals surface area (Å²) in [6, 6.07) is 11.1. The van der Waals surface area contributed by atoms with Gasteiger partial charge in [0.25, 0.3) is 11.7 Å². The summed E-state index contributed by atoms with van der Waals surface area (Å²) in [5.74, 6) is -3.94. The molecule has 0 bridgehead atoms. The van der Waals surface area contributed by atoms with Crippen LogP contribution in [-0.2, 0) is 9.59 Å². The highest BCUT2D eigenvalue weighted by Gasteiger charge is 2.49. The standard InChI is InChI=1S/C25H18Cl2FNO6/c1-34-23-13(11-14(26)24(35-2)19(23)27)21(31)18-20(12-7-3-4-8-15(12)28)29(25(33)22(18)32)16-9-5-6-10-17(16)30/h3-11,20,30-31H,1-2H3/b21-18+. The molecule has 4 rings (SSSR count). The predicted octanol–water partition coefficient (Wildman–Crippen LogP) is 5.48. The zero-order valence-electron chi connectivity index (χ0n) is 18.4. The van der Waals surface area contributed by atoms with Crippen molar-refractivity contribution in [2.75, 3.05) is 19.1 Å². The maximum absolute atomic E-state index is 15.0. The number of aliphatic hydroxyl groups is 1. The number of anilines is 1. The van der Waals surface area contributed by atoms with Gasteiger partial charge < -0.3 is 19.7 Å². The summed E-state index contributed by atoms with van der Waals surface area (Å²) in [6.07, 6.45) is 0. The molecule has 0 saturated carbocycles. The number of carbonyl (C=O) groups excluding carboxylic acids is 2. The summed E-state index contributed by atoms with van der Waals surface area (Å²) in [5, 5.41) is 21.7. The molecular weight excluding hydrogens is 500 g/mol. The monoisotopic (exact) mass is 517 g/mol. The van der Waals surface area contributed by atoms with Crippen LogP contribution < -0.4 is 14.4 Å². The van der Waals surface area contributed by atoms with Crippen molar-refractivity contribution in [1.82, 2.24) is 0 Å². The molecule has 1 saturated heterocycles. The van der Waals surface area contributed by atoms with Crippen LogP contribution in [0.15, 0.2) is 60.2 Å². The molecule has 1 aliphatic heterocycles. The Hall–Kier alpha value is -3.75. The van der Waals surface area contributed by atoms with Crippen molar-refractivity contribution in [3.63, 3.8) is 0 Å². The lowest BCUT2D eigenvalue weighted by atomic mass is 9.94. The zero-order valence-corrected chi connectivity index (χ0v) is 19.9. The Bertz CT molecular complexity index is 1390. The highest BCUT2D eigenvalue weighted by atomic mass is 35.5. The van der Waals surface area contributed by atoms with Crippen LogP contribution in [0.2, 0.25) is 10.0 Å². The number of benzene rings is 3. The van der Waals surface area contributed by atoms with E-state index in [1.807, 2.05) is 0 Å². The molecule has 1 amide bonds. The summed E-state index contributed by atoms with van der Waals surface area (Å²) in [4.78, 5) is 27.4. The number of phenols is 1. The Morgan fingerprint density at radius 3 is 2.26 bits per heavy atom. The van der Waals surface area contributed by atoms with Crippen LogP contribution >= 0.6 is 23.2 Å². The van der Waals surface area contributed by atoms with Gasteiger partial charge in [0.15, 0.2) is 11.5 Å². The number of ether oxygens (including phenoxy) is 2. The number of hydrogen-bond donors (Lipinski definition) is 2. The third kappa shape index (κ3) is 3.94. The summed E-state index contributed by atoms with van der Waals surface area (Å²) >= 11 is 12.6. The first kappa shape index (κ1) is 24.4. The van der Waals surface area contributed by atoms with Crippen molar-refractivity contribution < 1.29 is 33.7 Å². The van der Waals surface area contributed by atoms with Gasteiger partial charge in [0.1, 0.15) is 22.3 Å². The van der Waals surface area contributed by atoms with Gasteiger partial charge in [-0.2, -0.15) is 0 Å². The summed E-state index contributed by atoms with van der Waals surface area (Å²) < 4.78 is 25.5. The number of phenolic OH excluding ortho intramolecular Hbond substituents is 1. The molecule has 1 fully saturated rings. The van der Waals surface area contributed by atoms with Crippen LogP contribution in [-0.4, -0.2) is 36.1 Å². The molecule has 3 aromatic rings. The number of aliphatic hydroxyl groups excluding tert-OH is 1. The largest absolute Gasteiger partial charge is 0.507 e. The maximum Gasteiger partial charge on any atom is 0.300 e. The van der Waals surface area contributed by atoms with Crippen molar-refractivity contribution in [3.05, 3.63) is 87.2 Å². The number of para-hydroxylation sites is 2. The second-order valence-electron chi connectivity index (χ2n) is 7.47. The summed E-state index contributed by atoms with van der Waals surface area (Å²) in [6.45, 7) is 0. The van der Waals surface area contributed by atoms with Crippen LogP contribution in [0, 0.1) is 5.82 Å². The van der Waals surface area contributed by atoms with E-state index >= 15 is 0 Å². The number of Topliss-reactive ketones (excluding diaryl/α,β-unsaturated/α-hetero) is 1. The number of hydrogen-bond acceptors (Lipinski definition) is 6. The highest BCUT2D eigenvalue weighted by molar-refractivity contribution is 6.52. The number of methoxy groups -OCH3 is 2. The molecule has 7 nitrogen and oxygen atoms in total. The minimum absolute atomic E-state index is 0.00257. The van der Waals surface area contributed by atoms with Crippen molar-refractivity contribution >= 4 is 46.3 Å². The molecular formula is C25H18Cl2FNO6. The van der Waals surface area contributed by atoms with E-state index in [-0.39, 0.29) is 44.1 Å². The molecule has 0 radical (unpaired) electrons.